The second kappa shape index (κ2) is 8.39. The summed E-state index contributed by atoms with van der Waals surface area (Å²) in [6, 6.07) is 19.1. The molecule has 2 unspecified atom stereocenters. The van der Waals surface area contributed by atoms with Crippen LogP contribution in [0.3, 0.4) is 0 Å². The Balaban J connectivity index is 1.63. The van der Waals surface area contributed by atoms with Crippen LogP contribution in [-0.2, 0) is 16.4 Å². The van der Waals surface area contributed by atoms with Crippen molar-refractivity contribution in [1.29, 1.82) is 0 Å². The van der Waals surface area contributed by atoms with Crippen molar-refractivity contribution in [3.63, 3.8) is 0 Å². The molecule has 0 aromatic heterocycles. The quantitative estimate of drug-likeness (QED) is 0.559. The van der Waals surface area contributed by atoms with E-state index in [1.807, 2.05) is 38.1 Å². The van der Waals surface area contributed by atoms with E-state index in [1.54, 1.807) is 31.3 Å². The van der Waals surface area contributed by atoms with Gasteiger partial charge in [0.05, 0.1) is 16.6 Å². The summed E-state index contributed by atoms with van der Waals surface area (Å²) >= 11 is 0. The van der Waals surface area contributed by atoms with Crippen LogP contribution in [0.4, 0.5) is 10.1 Å². The standard InChI is InChI=1S/C25H25FN2O3S/c1-17-15-20-7-4-5-10-24(20)28(17)32(30,31)23-9-6-8-21(16-23)25(29)27(3)18(2)19-11-13-22(26)14-12-19/h4-14,16-18H,15H2,1-3H3. The molecule has 3 aromatic carbocycles. The zero-order valence-electron chi connectivity index (χ0n) is 18.2. The lowest BCUT2D eigenvalue weighted by Crippen LogP contribution is -2.36. The number of carbonyl (C=O) groups excluding carboxylic acids is 1. The van der Waals surface area contributed by atoms with E-state index in [0.717, 1.165) is 11.1 Å². The van der Waals surface area contributed by atoms with Crippen molar-refractivity contribution in [3.8, 4) is 0 Å². The maximum absolute atomic E-state index is 13.5. The molecule has 166 valence electrons. The molecule has 3 aromatic rings. The fraction of sp³-hybridized carbons (Fsp3) is 0.240. The number of benzene rings is 3. The number of amides is 1. The van der Waals surface area contributed by atoms with Crippen LogP contribution in [0.15, 0.2) is 77.7 Å². The van der Waals surface area contributed by atoms with Gasteiger partial charge >= 0.3 is 0 Å². The van der Waals surface area contributed by atoms with Gasteiger partial charge in [-0.05, 0) is 67.8 Å². The summed E-state index contributed by atoms with van der Waals surface area (Å²) in [7, 11) is -2.19. The van der Waals surface area contributed by atoms with E-state index in [9.17, 15) is 17.6 Å². The highest BCUT2D eigenvalue weighted by atomic mass is 32.2. The molecule has 0 saturated heterocycles. The molecule has 0 saturated carbocycles. The van der Waals surface area contributed by atoms with E-state index in [1.165, 1.54) is 33.5 Å². The van der Waals surface area contributed by atoms with Gasteiger partial charge in [-0.25, -0.2) is 12.8 Å². The minimum absolute atomic E-state index is 0.0785. The van der Waals surface area contributed by atoms with Crippen molar-refractivity contribution in [2.24, 2.45) is 0 Å². The zero-order valence-corrected chi connectivity index (χ0v) is 19.0. The molecule has 4 rings (SSSR count). The van der Waals surface area contributed by atoms with E-state index in [2.05, 4.69) is 0 Å². The third kappa shape index (κ3) is 3.88. The molecular formula is C25H25FN2O3S. The lowest BCUT2D eigenvalue weighted by molar-refractivity contribution is 0.0742. The Morgan fingerprint density at radius 1 is 1.06 bits per heavy atom. The molecule has 0 aliphatic carbocycles. The first-order valence-electron chi connectivity index (χ1n) is 10.4. The molecule has 5 nitrogen and oxygen atoms in total. The number of nitrogens with zero attached hydrogens (tertiary/aromatic N) is 2. The number of rotatable bonds is 5. The van der Waals surface area contributed by atoms with Gasteiger partial charge < -0.3 is 4.90 Å². The smallest absolute Gasteiger partial charge is 0.264 e. The topological polar surface area (TPSA) is 57.7 Å². The fourth-order valence-electron chi connectivity index (χ4n) is 4.15. The lowest BCUT2D eigenvalue weighted by atomic mass is 10.1. The van der Waals surface area contributed by atoms with Crippen molar-refractivity contribution in [3.05, 3.63) is 95.3 Å². The predicted molar refractivity (Wildman–Crippen MR) is 123 cm³/mol. The zero-order chi connectivity index (χ0) is 23.0. The van der Waals surface area contributed by atoms with Gasteiger partial charge in [-0.2, -0.15) is 0 Å². The number of carbonyl (C=O) groups is 1. The summed E-state index contributed by atoms with van der Waals surface area (Å²) in [6.45, 7) is 3.72. The summed E-state index contributed by atoms with van der Waals surface area (Å²) in [6.07, 6.45) is 0.645. The Morgan fingerprint density at radius 2 is 1.75 bits per heavy atom. The number of hydrogen-bond acceptors (Lipinski definition) is 3. The maximum Gasteiger partial charge on any atom is 0.264 e. The van der Waals surface area contributed by atoms with E-state index in [-0.39, 0.29) is 34.3 Å². The van der Waals surface area contributed by atoms with Crippen LogP contribution in [-0.4, -0.2) is 32.3 Å². The summed E-state index contributed by atoms with van der Waals surface area (Å²) in [5.74, 6) is -0.653. The first-order chi connectivity index (χ1) is 15.2. The monoisotopic (exact) mass is 452 g/mol. The third-order valence-corrected chi connectivity index (χ3v) is 7.96. The molecule has 0 fully saturated rings. The molecular weight excluding hydrogens is 427 g/mol. The normalized spacial score (nSPS) is 16.5. The van der Waals surface area contributed by atoms with E-state index in [0.29, 0.717) is 12.1 Å². The Hall–Kier alpha value is -3.19. The summed E-state index contributed by atoms with van der Waals surface area (Å²) in [5, 5.41) is 0. The summed E-state index contributed by atoms with van der Waals surface area (Å²) in [5.41, 5.74) is 2.73. The molecule has 7 heteroatoms. The number of anilines is 1. The van der Waals surface area contributed by atoms with Crippen molar-refractivity contribution in [1.82, 2.24) is 4.90 Å². The Kier molecular flexibility index (Phi) is 5.77. The van der Waals surface area contributed by atoms with Crippen LogP contribution in [0.25, 0.3) is 0 Å². The second-order valence-electron chi connectivity index (χ2n) is 8.15. The molecule has 2 atom stereocenters. The third-order valence-electron chi connectivity index (χ3n) is 6.04. The van der Waals surface area contributed by atoms with Gasteiger partial charge in [-0.15, -0.1) is 0 Å². The first-order valence-corrected chi connectivity index (χ1v) is 11.9. The van der Waals surface area contributed by atoms with Crippen molar-refractivity contribution >= 4 is 21.6 Å². The second-order valence-corrected chi connectivity index (χ2v) is 9.97. The molecule has 0 radical (unpaired) electrons. The van der Waals surface area contributed by atoms with Crippen LogP contribution in [0.1, 0.15) is 41.4 Å². The molecule has 0 bridgehead atoms. The van der Waals surface area contributed by atoms with Crippen LogP contribution in [0.2, 0.25) is 0 Å². The SMILES string of the molecule is CC(c1ccc(F)cc1)N(C)C(=O)c1cccc(S(=O)(=O)N2c3ccccc3CC2C)c1. The average molecular weight is 453 g/mol. The number of sulfonamides is 1. The number of halogens is 1. The largest absolute Gasteiger partial charge is 0.335 e. The van der Waals surface area contributed by atoms with Crippen molar-refractivity contribution in [2.75, 3.05) is 11.4 Å². The predicted octanol–water partition coefficient (Wildman–Crippen LogP) is 4.80. The molecule has 1 aliphatic heterocycles. The number of hydrogen-bond donors (Lipinski definition) is 0. The van der Waals surface area contributed by atoms with Gasteiger partial charge in [0, 0.05) is 18.7 Å². The highest BCUT2D eigenvalue weighted by Crippen LogP contribution is 2.36. The van der Waals surface area contributed by atoms with Gasteiger partial charge in [-0.1, -0.05) is 36.4 Å². The highest BCUT2D eigenvalue weighted by Gasteiger charge is 2.36. The van der Waals surface area contributed by atoms with Crippen LogP contribution in [0, 0.1) is 5.82 Å². The summed E-state index contributed by atoms with van der Waals surface area (Å²) < 4.78 is 41.7. The van der Waals surface area contributed by atoms with E-state index >= 15 is 0 Å². The highest BCUT2D eigenvalue weighted by molar-refractivity contribution is 7.92. The van der Waals surface area contributed by atoms with E-state index < -0.39 is 10.0 Å². The van der Waals surface area contributed by atoms with Crippen LogP contribution in [0.5, 0.6) is 0 Å². The molecule has 1 amide bonds. The minimum atomic E-state index is -3.84. The van der Waals surface area contributed by atoms with Crippen molar-refractivity contribution in [2.45, 2.75) is 37.2 Å². The van der Waals surface area contributed by atoms with Crippen molar-refractivity contribution < 1.29 is 17.6 Å². The van der Waals surface area contributed by atoms with Gasteiger partial charge in [-0.3, -0.25) is 9.10 Å². The fourth-order valence-corrected chi connectivity index (χ4v) is 5.89. The number of fused-ring (bicyclic) bond motifs is 1. The Bertz CT molecular complexity index is 1260. The lowest BCUT2D eigenvalue weighted by Gasteiger charge is -2.27. The molecule has 1 heterocycles. The first kappa shape index (κ1) is 22.0. The summed E-state index contributed by atoms with van der Waals surface area (Å²) in [4.78, 5) is 14.7. The Morgan fingerprint density at radius 3 is 2.47 bits per heavy atom. The van der Waals surface area contributed by atoms with Crippen LogP contribution < -0.4 is 4.31 Å². The van der Waals surface area contributed by atoms with Gasteiger partial charge in [0.2, 0.25) is 0 Å². The molecule has 1 aliphatic rings. The van der Waals surface area contributed by atoms with Gasteiger partial charge in [0.15, 0.2) is 0 Å². The average Bonchev–Trinajstić information content (AvgIpc) is 3.14. The maximum atomic E-state index is 13.5. The molecule has 32 heavy (non-hydrogen) atoms. The molecule has 0 N–H and O–H groups in total. The van der Waals surface area contributed by atoms with E-state index in [4.69, 9.17) is 0 Å². The number of para-hydroxylation sites is 1. The Labute approximate surface area is 188 Å². The van der Waals surface area contributed by atoms with Gasteiger partial charge in [0.1, 0.15) is 5.82 Å². The molecule has 0 spiro atoms. The van der Waals surface area contributed by atoms with Gasteiger partial charge in [0.25, 0.3) is 15.9 Å². The van der Waals surface area contributed by atoms with Crippen LogP contribution >= 0.6 is 0 Å². The minimum Gasteiger partial charge on any atom is -0.335 e.